The molecule has 3 heteroatoms. The highest BCUT2D eigenvalue weighted by Crippen LogP contribution is 2.46. The number of fused-ring (bicyclic) bond motifs is 2. The van der Waals surface area contributed by atoms with Gasteiger partial charge in [-0.05, 0) is 76.8 Å². The Labute approximate surface area is 184 Å². The normalized spacial score (nSPS) is 16.5. The molecule has 0 aliphatic heterocycles. The summed E-state index contributed by atoms with van der Waals surface area (Å²) in [6, 6.07) is 17.6. The molecular weight excluding hydrogens is 382 g/mol. The van der Waals surface area contributed by atoms with Crippen LogP contribution in [0.25, 0.3) is 10.8 Å². The molecular formula is C28H31NO2. The molecule has 1 N–H and O–H groups in total. The number of carbonyl (C=O) groups excluding carboxylic acids is 2. The van der Waals surface area contributed by atoms with E-state index in [-0.39, 0.29) is 22.5 Å². The van der Waals surface area contributed by atoms with Crippen molar-refractivity contribution in [2.45, 2.75) is 58.3 Å². The van der Waals surface area contributed by atoms with Gasteiger partial charge in [-0.15, -0.1) is 0 Å². The largest absolute Gasteiger partial charge is 0.352 e. The van der Waals surface area contributed by atoms with E-state index in [1.165, 1.54) is 11.1 Å². The fraction of sp³-hybridized carbons (Fsp3) is 0.357. The standard InChI is InChI=1S/C28H31NO2/c1-6-29-26(31)22-10-8-18-15-20(9-7-19(18)16-22)25(30)21-11-12-23-24(17-21)28(4,5)14-13-27(23,2)3/h7-12,15-17H,6,13-14H2,1-5H3,(H,29,31). The molecule has 0 bridgehead atoms. The van der Waals surface area contributed by atoms with Gasteiger partial charge in [-0.2, -0.15) is 0 Å². The topological polar surface area (TPSA) is 46.2 Å². The first kappa shape index (κ1) is 21.3. The van der Waals surface area contributed by atoms with Crippen molar-refractivity contribution in [2.24, 2.45) is 0 Å². The average molecular weight is 414 g/mol. The summed E-state index contributed by atoms with van der Waals surface area (Å²) in [7, 11) is 0. The minimum atomic E-state index is -0.0795. The molecule has 1 aliphatic rings. The second-order valence-electron chi connectivity index (χ2n) is 9.99. The third-order valence-corrected chi connectivity index (χ3v) is 6.82. The molecule has 0 fully saturated rings. The second-order valence-corrected chi connectivity index (χ2v) is 9.99. The first-order chi connectivity index (χ1) is 14.6. The quantitative estimate of drug-likeness (QED) is 0.520. The van der Waals surface area contributed by atoms with Crippen LogP contribution in [0, 0.1) is 0 Å². The summed E-state index contributed by atoms with van der Waals surface area (Å²) in [6.07, 6.45) is 2.28. The Morgan fingerprint density at radius 1 is 0.742 bits per heavy atom. The highest BCUT2D eigenvalue weighted by atomic mass is 16.1. The van der Waals surface area contributed by atoms with Crippen molar-refractivity contribution >= 4 is 22.5 Å². The van der Waals surface area contributed by atoms with Crippen molar-refractivity contribution in [3.63, 3.8) is 0 Å². The lowest BCUT2D eigenvalue weighted by molar-refractivity contribution is 0.0955. The first-order valence-electron chi connectivity index (χ1n) is 11.1. The van der Waals surface area contributed by atoms with Crippen molar-refractivity contribution in [3.05, 3.63) is 82.4 Å². The van der Waals surface area contributed by atoms with Crippen LogP contribution in [0.4, 0.5) is 0 Å². The van der Waals surface area contributed by atoms with Crippen molar-refractivity contribution in [2.75, 3.05) is 6.54 Å². The van der Waals surface area contributed by atoms with Crippen LogP contribution >= 0.6 is 0 Å². The minimum absolute atomic E-state index is 0.0386. The zero-order valence-corrected chi connectivity index (χ0v) is 19.1. The van der Waals surface area contributed by atoms with Crippen molar-refractivity contribution < 1.29 is 9.59 Å². The highest BCUT2D eigenvalue weighted by molar-refractivity contribution is 6.11. The molecule has 0 heterocycles. The molecule has 3 nitrogen and oxygen atoms in total. The molecule has 1 amide bonds. The second kappa shape index (κ2) is 7.64. The summed E-state index contributed by atoms with van der Waals surface area (Å²) in [5.41, 5.74) is 4.90. The maximum Gasteiger partial charge on any atom is 0.251 e. The van der Waals surface area contributed by atoms with Crippen LogP contribution in [0.15, 0.2) is 54.6 Å². The van der Waals surface area contributed by atoms with Crippen molar-refractivity contribution in [3.8, 4) is 0 Å². The molecule has 31 heavy (non-hydrogen) atoms. The lowest BCUT2D eigenvalue weighted by atomic mass is 9.63. The molecule has 0 spiro atoms. The van der Waals surface area contributed by atoms with Gasteiger partial charge in [0, 0.05) is 23.2 Å². The van der Waals surface area contributed by atoms with Crippen LogP contribution in [0.5, 0.6) is 0 Å². The van der Waals surface area contributed by atoms with Gasteiger partial charge in [-0.3, -0.25) is 9.59 Å². The van der Waals surface area contributed by atoms with Crippen molar-refractivity contribution in [1.82, 2.24) is 5.32 Å². The molecule has 3 aromatic rings. The Kier molecular flexibility index (Phi) is 5.25. The van der Waals surface area contributed by atoms with Crippen LogP contribution in [-0.2, 0) is 10.8 Å². The third-order valence-electron chi connectivity index (χ3n) is 6.82. The predicted molar refractivity (Wildman–Crippen MR) is 127 cm³/mol. The molecule has 0 saturated carbocycles. The van der Waals surface area contributed by atoms with E-state index in [1.54, 1.807) is 0 Å². The highest BCUT2D eigenvalue weighted by Gasteiger charge is 2.37. The molecule has 0 radical (unpaired) electrons. The minimum Gasteiger partial charge on any atom is -0.352 e. The summed E-state index contributed by atoms with van der Waals surface area (Å²) in [5, 5.41) is 4.73. The van der Waals surface area contributed by atoms with Gasteiger partial charge in [0.2, 0.25) is 0 Å². The Balaban J connectivity index is 1.70. The van der Waals surface area contributed by atoms with E-state index in [0.29, 0.717) is 17.7 Å². The lowest BCUT2D eigenvalue weighted by Gasteiger charge is -2.42. The molecule has 160 valence electrons. The van der Waals surface area contributed by atoms with E-state index in [1.807, 2.05) is 49.4 Å². The third kappa shape index (κ3) is 3.89. The SMILES string of the molecule is CCNC(=O)c1ccc2cc(C(=O)c3ccc4c(c3)C(C)(C)CCC4(C)C)ccc2c1. The van der Waals surface area contributed by atoms with Crippen LogP contribution in [-0.4, -0.2) is 18.2 Å². The fourth-order valence-corrected chi connectivity index (χ4v) is 4.69. The molecule has 0 aromatic heterocycles. The van der Waals surface area contributed by atoms with Gasteiger partial charge >= 0.3 is 0 Å². The van der Waals surface area contributed by atoms with Gasteiger partial charge in [-0.25, -0.2) is 0 Å². The van der Waals surface area contributed by atoms with Gasteiger partial charge in [0.05, 0.1) is 0 Å². The van der Waals surface area contributed by atoms with Gasteiger partial charge in [-0.1, -0.05) is 58.0 Å². The number of hydrogen-bond donors (Lipinski definition) is 1. The van der Waals surface area contributed by atoms with Gasteiger partial charge < -0.3 is 5.32 Å². The fourth-order valence-electron chi connectivity index (χ4n) is 4.69. The molecule has 3 aromatic carbocycles. The summed E-state index contributed by atoms with van der Waals surface area (Å²) in [5.74, 6) is -0.0409. The number of amides is 1. The predicted octanol–water partition coefficient (Wildman–Crippen LogP) is 6.17. The van der Waals surface area contributed by atoms with E-state index < -0.39 is 0 Å². The van der Waals surface area contributed by atoms with Crippen molar-refractivity contribution in [1.29, 1.82) is 0 Å². The maximum atomic E-state index is 13.3. The van der Waals surface area contributed by atoms with Gasteiger partial charge in [0.1, 0.15) is 0 Å². The molecule has 0 atom stereocenters. The number of carbonyl (C=O) groups is 2. The Morgan fingerprint density at radius 2 is 1.26 bits per heavy atom. The molecule has 4 rings (SSSR count). The molecule has 0 unspecified atom stereocenters. The number of hydrogen-bond acceptors (Lipinski definition) is 2. The van der Waals surface area contributed by atoms with Gasteiger partial charge in [0.15, 0.2) is 5.78 Å². The first-order valence-corrected chi connectivity index (χ1v) is 11.1. The van der Waals surface area contributed by atoms with Crippen LogP contribution in [0.3, 0.4) is 0 Å². The van der Waals surface area contributed by atoms with Crippen LogP contribution < -0.4 is 5.32 Å². The summed E-state index contributed by atoms with van der Waals surface area (Å²) in [6.45, 7) is 11.6. The number of ketones is 1. The summed E-state index contributed by atoms with van der Waals surface area (Å²) >= 11 is 0. The zero-order valence-electron chi connectivity index (χ0n) is 19.1. The van der Waals surface area contributed by atoms with E-state index in [2.05, 4.69) is 45.1 Å². The number of nitrogens with one attached hydrogen (secondary N) is 1. The Bertz CT molecular complexity index is 1190. The van der Waals surface area contributed by atoms with E-state index in [9.17, 15) is 9.59 Å². The van der Waals surface area contributed by atoms with E-state index >= 15 is 0 Å². The Morgan fingerprint density at radius 3 is 1.90 bits per heavy atom. The van der Waals surface area contributed by atoms with E-state index in [4.69, 9.17) is 0 Å². The summed E-state index contributed by atoms with van der Waals surface area (Å²) < 4.78 is 0. The number of benzene rings is 3. The zero-order chi connectivity index (χ0) is 22.4. The molecule has 1 aliphatic carbocycles. The maximum absolute atomic E-state index is 13.3. The van der Waals surface area contributed by atoms with Crippen LogP contribution in [0.2, 0.25) is 0 Å². The van der Waals surface area contributed by atoms with Gasteiger partial charge in [0.25, 0.3) is 5.91 Å². The summed E-state index contributed by atoms with van der Waals surface area (Å²) in [4.78, 5) is 25.4. The smallest absolute Gasteiger partial charge is 0.251 e. The lowest BCUT2D eigenvalue weighted by Crippen LogP contribution is -2.34. The Hall–Kier alpha value is -2.94. The van der Waals surface area contributed by atoms with E-state index in [0.717, 1.165) is 29.2 Å². The monoisotopic (exact) mass is 413 g/mol. The number of rotatable bonds is 4. The average Bonchev–Trinajstić information content (AvgIpc) is 2.75. The molecule has 0 saturated heterocycles. The van der Waals surface area contributed by atoms with Crippen LogP contribution in [0.1, 0.15) is 84.9 Å².